The first kappa shape index (κ1) is 32.7. The molecule has 0 aliphatic carbocycles. The molecule has 0 fully saturated rings. The highest BCUT2D eigenvalue weighted by atomic mass is 16.3. The van der Waals surface area contributed by atoms with Crippen LogP contribution in [-0.2, 0) is 0 Å². The van der Waals surface area contributed by atoms with Crippen LogP contribution < -0.4 is 4.90 Å². The van der Waals surface area contributed by atoms with E-state index in [1.807, 2.05) is 36.4 Å². The fourth-order valence-electron chi connectivity index (χ4n) is 8.41. The van der Waals surface area contributed by atoms with Crippen LogP contribution in [0, 0.1) is 0 Å². The van der Waals surface area contributed by atoms with Crippen molar-refractivity contribution in [3.63, 3.8) is 0 Å². The van der Waals surface area contributed by atoms with Gasteiger partial charge in [-0.3, -0.25) is 0 Å². The maximum Gasteiger partial charge on any atom is 0.227 e. The summed E-state index contributed by atoms with van der Waals surface area (Å²) < 4.78 is 8.68. The van der Waals surface area contributed by atoms with Gasteiger partial charge >= 0.3 is 0 Å². The van der Waals surface area contributed by atoms with Gasteiger partial charge in [-0.15, -0.1) is 0 Å². The zero-order chi connectivity index (χ0) is 37.7. The van der Waals surface area contributed by atoms with Gasteiger partial charge in [-0.1, -0.05) is 140 Å². The van der Waals surface area contributed by atoms with Gasteiger partial charge in [-0.2, -0.15) is 0 Å². The smallest absolute Gasteiger partial charge is 0.227 e. The Kier molecular flexibility index (Phi) is 7.78. The molecule has 0 spiro atoms. The predicted octanol–water partition coefficient (Wildman–Crippen LogP) is 14.5. The molecule has 11 rings (SSSR count). The summed E-state index contributed by atoms with van der Waals surface area (Å²) in [6, 6.07) is 75.2. The molecule has 0 saturated heterocycles. The second-order valence-corrected chi connectivity index (χ2v) is 14.4. The van der Waals surface area contributed by atoms with Crippen LogP contribution in [0.25, 0.3) is 83.1 Å². The predicted molar refractivity (Wildman–Crippen MR) is 237 cm³/mol. The molecule has 4 heteroatoms. The van der Waals surface area contributed by atoms with E-state index < -0.39 is 0 Å². The van der Waals surface area contributed by atoms with Crippen LogP contribution in [0.1, 0.15) is 0 Å². The normalized spacial score (nSPS) is 11.5. The molecule has 0 amide bonds. The standard InChI is InChI=1S/C53H35N3O/c1-4-15-36(16-5-1)43-22-10-12-25-47(43)55(42-32-33-49-46(35-42)45-23-11-13-26-48(45)56(49)40-20-8-3-9-21-40)41-30-27-37(28-31-41)44-24-14-19-38-29-34-50-52(51(38)44)54-53(57-50)39-17-6-2-7-18-39/h1-35H. The number of aromatic nitrogens is 2. The third kappa shape index (κ3) is 5.58. The first-order valence-electron chi connectivity index (χ1n) is 19.3. The third-order valence-corrected chi connectivity index (χ3v) is 11.0. The number of rotatable bonds is 7. The van der Waals surface area contributed by atoms with E-state index in [1.165, 1.54) is 27.4 Å². The average molecular weight is 730 g/mol. The summed E-state index contributed by atoms with van der Waals surface area (Å²) in [4.78, 5) is 7.45. The molecule has 268 valence electrons. The Bertz CT molecular complexity index is 3220. The van der Waals surface area contributed by atoms with Gasteiger partial charge in [0.25, 0.3) is 0 Å². The Hall–Kier alpha value is -7.69. The maximum absolute atomic E-state index is 6.31. The van der Waals surface area contributed by atoms with Gasteiger partial charge in [-0.05, 0) is 94.9 Å². The highest BCUT2D eigenvalue weighted by Gasteiger charge is 2.21. The summed E-state index contributed by atoms with van der Waals surface area (Å²) in [5.41, 5.74) is 13.9. The van der Waals surface area contributed by atoms with Gasteiger partial charge in [0.1, 0.15) is 5.52 Å². The number of para-hydroxylation sites is 3. The Morgan fingerprint density at radius 1 is 0.439 bits per heavy atom. The highest BCUT2D eigenvalue weighted by molar-refractivity contribution is 6.13. The molecule has 11 aromatic rings. The lowest BCUT2D eigenvalue weighted by Gasteiger charge is -2.28. The lowest BCUT2D eigenvalue weighted by molar-refractivity contribution is 0.620. The second kappa shape index (κ2) is 13.6. The Morgan fingerprint density at radius 2 is 1.07 bits per heavy atom. The summed E-state index contributed by atoms with van der Waals surface area (Å²) in [6.07, 6.45) is 0. The highest BCUT2D eigenvalue weighted by Crippen LogP contribution is 2.44. The van der Waals surface area contributed by atoms with E-state index in [0.717, 1.165) is 66.9 Å². The van der Waals surface area contributed by atoms with Gasteiger partial charge in [0.15, 0.2) is 5.58 Å². The van der Waals surface area contributed by atoms with Crippen molar-refractivity contribution in [2.24, 2.45) is 0 Å². The topological polar surface area (TPSA) is 34.2 Å². The molecule has 0 aliphatic heterocycles. The monoisotopic (exact) mass is 729 g/mol. The van der Waals surface area contributed by atoms with E-state index in [1.54, 1.807) is 0 Å². The summed E-state index contributed by atoms with van der Waals surface area (Å²) >= 11 is 0. The molecular weight excluding hydrogens is 695 g/mol. The Labute approximate surface area is 330 Å². The van der Waals surface area contributed by atoms with Crippen molar-refractivity contribution in [1.29, 1.82) is 0 Å². The number of nitrogens with zero attached hydrogens (tertiary/aromatic N) is 3. The number of hydrogen-bond acceptors (Lipinski definition) is 3. The Balaban J connectivity index is 1.09. The van der Waals surface area contributed by atoms with E-state index in [0.29, 0.717) is 5.89 Å². The van der Waals surface area contributed by atoms with Gasteiger partial charge in [-0.25, -0.2) is 4.98 Å². The molecule has 2 heterocycles. The van der Waals surface area contributed by atoms with Crippen LogP contribution >= 0.6 is 0 Å². The minimum atomic E-state index is 0.625. The lowest BCUT2D eigenvalue weighted by Crippen LogP contribution is -2.11. The van der Waals surface area contributed by atoms with E-state index in [9.17, 15) is 0 Å². The van der Waals surface area contributed by atoms with Crippen LogP contribution in [0.5, 0.6) is 0 Å². The molecule has 0 aliphatic rings. The van der Waals surface area contributed by atoms with E-state index in [-0.39, 0.29) is 0 Å². The zero-order valence-corrected chi connectivity index (χ0v) is 31.0. The van der Waals surface area contributed by atoms with Crippen molar-refractivity contribution >= 4 is 60.7 Å². The van der Waals surface area contributed by atoms with Crippen molar-refractivity contribution in [3.8, 4) is 39.4 Å². The maximum atomic E-state index is 6.31. The number of oxazole rings is 1. The number of hydrogen-bond donors (Lipinski definition) is 0. The van der Waals surface area contributed by atoms with Crippen molar-refractivity contribution in [2.75, 3.05) is 4.90 Å². The fraction of sp³-hybridized carbons (Fsp3) is 0. The van der Waals surface area contributed by atoms with E-state index >= 15 is 0 Å². The van der Waals surface area contributed by atoms with Crippen LogP contribution in [0.2, 0.25) is 0 Å². The largest absolute Gasteiger partial charge is 0.436 e. The van der Waals surface area contributed by atoms with Crippen molar-refractivity contribution in [3.05, 3.63) is 212 Å². The van der Waals surface area contributed by atoms with Gasteiger partial charge < -0.3 is 13.9 Å². The molecule has 0 radical (unpaired) electrons. The molecule has 4 nitrogen and oxygen atoms in total. The number of benzene rings is 9. The lowest BCUT2D eigenvalue weighted by atomic mass is 9.96. The van der Waals surface area contributed by atoms with E-state index in [4.69, 9.17) is 9.40 Å². The molecule has 0 bridgehead atoms. The van der Waals surface area contributed by atoms with Crippen LogP contribution in [-0.4, -0.2) is 9.55 Å². The fourth-order valence-corrected chi connectivity index (χ4v) is 8.41. The molecular formula is C53H35N3O. The van der Waals surface area contributed by atoms with Crippen molar-refractivity contribution in [2.45, 2.75) is 0 Å². The summed E-state index contributed by atoms with van der Waals surface area (Å²) in [6.45, 7) is 0. The molecule has 9 aromatic carbocycles. The average Bonchev–Trinajstić information content (AvgIpc) is 3.88. The molecule has 0 atom stereocenters. The second-order valence-electron chi connectivity index (χ2n) is 14.4. The van der Waals surface area contributed by atoms with Gasteiger partial charge in [0.2, 0.25) is 5.89 Å². The minimum absolute atomic E-state index is 0.625. The van der Waals surface area contributed by atoms with Crippen molar-refractivity contribution < 1.29 is 4.42 Å². The van der Waals surface area contributed by atoms with Crippen LogP contribution in [0.15, 0.2) is 217 Å². The zero-order valence-electron chi connectivity index (χ0n) is 31.0. The molecule has 0 unspecified atom stereocenters. The quantitative estimate of drug-likeness (QED) is 0.164. The molecule has 0 N–H and O–H groups in total. The summed E-state index contributed by atoms with van der Waals surface area (Å²) in [5, 5.41) is 4.63. The van der Waals surface area contributed by atoms with Crippen LogP contribution in [0.4, 0.5) is 17.1 Å². The summed E-state index contributed by atoms with van der Waals surface area (Å²) in [7, 11) is 0. The summed E-state index contributed by atoms with van der Waals surface area (Å²) in [5.74, 6) is 0.625. The first-order chi connectivity index (χ1) is 28.3. The Morgan fingerprint density at radius 3 is 1.88 bits per heavy atom. The molecule has 2 aromatic heterocycles. The third-order valence-electron chi connectivity index (χ3n) is 11.0. The molecule has 57 heavy (non-hydrogen) atoms. The van der Waals surface area contributed by atoms with E-state index in [2.05, 4.69) is 185 Å². The first-order valence-corrected chi connectivity index (χ1v) is 19.3. The van der Waals surface area contributed by atoms with Crippen LogP contribution in [0.3, 0.4) is 0 Å². The minimum Gasteiger partial charge on any atom is -0.436 e. The number of fused-ring (bicyclic) bond motifs is 6. The molecule has 0 saturated carbocycles. The van der Waals surface area contributed by atoms with Gasteiger partial charge in [0, 0.05) is 44.3 Å². The number of anilines is 3. The SMILES string of the molecule is c1ccc(-c2nc3c(ccc4cccc(-c5ccc(N(c6ccc7c(c6)c6ccccc6n7-c6ccccc6)c6ccccc6-c6ccccc6)cc5)c43)o2)cc1. The van der Waals surface area contributed by atoms with Crippen molar-refractivity contribution in [1.82, 2.24) is 9.55 Å². The van der Waals surface area contributed by atoms with Gasteiger partial charge in [0.05, 0.1) is 16.7 Å².